The number of hydrogen-bond acceptors (Lipinski definition) is 4. The van der Waals surface area contributed by atoms with Gasteiger partial charge in [0.15, 0.2) is 0 Å². The largest absolute Gasteiger partial charge is 0.391 e. The van der Waals surface area contributed by atoms with Crippen molar-refractivity contribution >= 4 is 11.5 Å². The normalized spacial score (nSPS) is 10.8. The third-order valence-electron chi connectivity index (χ3n) is 1.28. The van der Waals surface area contributed by atoms with Crippen molar-refractivity contribution in [3.63, 3.8) is 0 Å². The van der Waals surface area contributed by atoms with Crippen molar-refractivity contribution in [1.29, 1.82) is 0 Å². The van der Waals surface area contributed by atoms with Crippen molar-refractivity contribution in [3.05, 3.63) is 10.6 Å². The summed E-state index contributed by atoms with van der Waals surface area (Å²) in [5, 5.41) is 12.7. The number of nitrogens with zero attached hydrogens (tertiary/aromatic N) is 2. The Morgan fingerprint density at radius 1 is 1.60 bits per heavy atom. The molecule has 0 aliphatic rings. The first-order chi connectivity index (χ1) is 4.75. The summed E-state index contributed by atoms with van der Waals surface area (Å²) in [4.78, 5) is 0.884. The summed E-state index contributed by atoms with van der Waals surface area (Å²) < 4.78 is 3.75. The maximum Gasteiger partial charge on any atom is 0.0836 e. The van der Waals surface area contributed by atoms with Gasteiger partial charge in [0.2, 0.25) is 0 Å². The van der Waals surface area contributed by atoms with Crippen LogP contribution in [0.5, 0.6) is 0 Å². The van der Waals surface area contributed by atoms with E-state index in [1.807, 2.05) is 13.8 Å². The Bertz CT molecular complexity index is 209. The summed E-state index contributed by atoms with van der Waals surface area (Å²) in [6, 6.07) is 0. The quantitative estimate of drug-likeness (QED) is 0.702. The molecule has 1 aromatic rings. The second-order valence-corrected chi connectivity index (χ2v) is 3.23. The van der Waals surface area contributed by atoms with E-state index < -0.39 is 0 Å². The van der Waals surface area contributed by atoms with Gasteiger partial charge in [-0.25, -0.2) is 0 Å². The number of hydrogen-bond donors (Lipinski definition) is 1. The molecule has 10 heavy (non-hydrogen) atoms. The molecule has 56 valence electrons. The van der Waals surface area contributed by atoms with E-state index in [0.29, 0.717) is 5.92 Å². The lowest BCUT2D eigenvalue weighted by atomic mass is 10.1. The molecule has 1 N–H and O–H groups in total. The molecule has 0 aliphatic carbocycles. The summed E-state index contributed by atoms with van der Waals surface area (Å²) in [7, 11) is 0. The highest BCUT2D eigenvalue weighted by atomic mass is 32.1. The molecule has 1 heterocycles. The maximum absolute atomic E-state index is 8.79. The predicted octanol–water partition coefficient (Wildman–Crippen LogP) is 1.15. The SMILES string of the molecule is CC(C)c1nnsc1CO. The smallest absolute Gasteiger partial charge is 0.0836 e. The minimum absolute atomic E-state index is 0.0607. The van der Waals surface area contributed by atoms with E-state index in [9.17, 15) is 0 Å². The third kappa shape index (κ3) is 1.33. The molecule has 0 spiro atoms. The van der Waals surface area contributed by atoms with E-state index in [4.69, 9.17) is 5.11 Å². The molecule has 1 aromatic heterocycles. The van der Waals surface area contributed by atoms with Crippen LogP contribution in [0.3, 0.4) is 0 Å². The molecular weight excluding hydrogens is 148 g/mol. The van der Waals surface area contributed by atoms with E-state index in [2.05, 4.69) is 9.59 Å². The fourth-order valence-corrected chi connectivity index (χ4v) is 1.42. The van der Waals surface area contributed by atoms with Gasteiger partial charge in [-0.2, -0.15) is 0 Å². The Labute approximate surface area is 63.9 Å². The van der Waals surface area contributed by atoms with Gasteiger partial charge in [-0.05, 0) is 17.5 Å². The molecule has 1 rings (SSSR count). The van der Waals surface area contributed by atoms with Crippen LogP contribution in [-0.4, -0.2) is 14.7 Å². The molecule has 4 heteroatoms. The van der Waals surface area contributed by atoms with Crippen molar-refractivity contribution in [2.45, 2.75) is 26.4 Å². The van der Waals surface area contributed by atoms with E-state index in [1.165, 1.54) is 11.5 Å². The van der Waals surface area contributed by atoms with Crippen molar-refractivity contribution in [1.82, 2.24) is 9.59 Å². The molecule has 0 saturated heterocycles. The lowest BCUT2D eigenvalue weighted by molar-refractivity contribution is 0.283. The highest BCUT2D eigenvalue weighted by Gasteiger charge is 2.09. The fraction of sp³-hybridized carbons (Fsp3) is 0.667. The van der Waals surface area contributed by atoms with Crippen LogP contribution in [0, 0.1) is 0 Å². The van der Waals surface area contributed by atoms with Gasteiger partial charge in [0.25, 0.3) is 0 Å². The first kappa shape index (κ1) is 7.63. The standard InChI is InChI=1S/C6H10N2OS/c1-4(2)6-5(3-9)10-8-7-6/h4,9H,3H2,1-2H3. The second kappa shape index (κ2) is 3.07. The highest BCUT2D eigenvalue weighted by molar-refractivity contribution is 7.05. The van der Waals surface area contributed by atoms with Crippen LogP contribution in [0.2, 0.25) is 0 Å². The van der Waals surface area contributed by atoms with Crippen LogP contribution >= 0.6 is 11.5 Å². The number of aliphatic hydroxyl groups excluding tert-OH is 1. The number of aromatic nitrogens is 2. The maximum atomic E-state index is 8.79. The molecule has 0 aliphatic heterocycles. The van der Waals surface area contributed by atoms with E-state index >= 15 is 0 Å². The van der Waals surface area contributed by atoms with Gasteiger partial charge in [-0.15, -0.1) is 5.10 Å². The van der Waals surface area contributed by atoms with Crippen LogP contribution < -0.4 is 0 Å². The Hall–Kier alpha value is -0.480. The Morgan fingerprint density at radius 3 is 2.70 bits per heavy atom. The van der Waals surface area contributed by atoms with Gasteiger partial charge >= 0.3 is 0 Å². The third-order valence-corrected chi connectivity index (χ3v) is 2.00. The summed E-state index contributed by atoms with van der Waals surface area (Å²) in [6.07, 6.45) is 0. The molecule has 0 atom stereocenters. The summed E-state index contributed by atoms with van der Waals surface area (Å²) in [6.45, 7) is 4.14. The van der Waals surface area contributed by atoms with Crippen LogP contribution in [-0.2, 0) is 6.61 Å². The van der Waals surface area contributed by atoms with Crippen molar-refractivity contribution in [3.8, 4) is 0 Å². The van der Waals surface area contributed by atoms with Crippen molar-refractivity contribution in [2.24, 2.45) is 0 Å². The lowest BCUT2D eigenvalue weighted by Crippen LogP contribution is -1.92. The first-order valence-corrected chi connectivity index (χ1v) is 3.95. The molecule has 0 radical (unpaired) electrons. The first-order valence-electron chi connectivity index (χ1n) is 3.17. The number of aliphatic hydroxyl groups is 1. The number of rotatable bonds is 2. The zero-order chi connectivity index (χ0) is 7.56. The molecule has 0 aromatic carbocycles. The van der Waals surface area contributed by atoms with E-state index in [0.717, 1.165) is 10.6 Å². The van der Waals surface area contributed by atoms with Crippen molar-refractivity contribution < 1.29 is 5.11 Å². The van der Waals surface area contributed by atoms with Crippen LogP contribution in [0.25, 0.3) is 0 Å². The minimum atomic E-state index is 0.0607. The minimum Gasteiger partial charge on any atom is -0.391 e. The Kier molecular flexibility index (Phi) is 2.34. The molecule has 0 fully saturated rings. The van der Waals surface area contributed by atoms with Crippen LogP contribution in [0.4, 0.5) is 0 Å². The second-order valence-electron chi connectivity index (χ2n) is 2.39. The van der Waals surface area contributed by atoms with Gasteiger partial charge in [0.05, 0.1) is 17.2 Å². The van der Waals surface area contributed by atoms with E-state index in [-0.39, 0.29) is 6.61 Å². The Balaban J connectivity index is 2.90. The average molecular weight is 158 g/mol. The highest BCUT2D eigenvalue weighted by Crippen LogP contribution is 2.18. The molecule has 0 unspecified atom stereocenters. The van der Waals surface area contributed by atoms with Crippen molar-refractivity contribution in [2.75, 3.05) is 0 Å². The van der Waals surface area contributed by atoms with Gasteiger partial charge in [-0.3, -0.25) is 0 Å². The monoisotopic (exact) mass is 158 g/mol. The lowest BCUT2D eigenvalue weighted by Gasteiger charge is -1.99. The molecule has 0 amide bonds. The van der Waals surface area contributed by atoms with Gasteiger partial charge in [0, 0.05) is 0 Å². The molecular formula is C6H10N2OS. The summed E-state index contributed by atoms with van der Waals surface area (Å²) in [5.41, 5.74) is 0.924. The zero-order valence-corrected chi connectivity index (χ0v) is 6.85. The van der Waals surface area contributed by atoms with E-state index in [1.54, 1.807) is 0 Å². The van der Waals surface area contributed by atoms with Gasteiger partial charge < -0.3 is 5.11 Å². The summed E-state index contributed by atoms with van der Waals surface area (Å²) >= 11 is 1.27. The topological polar surface area (TPSA) is 46.0 Å². The van der Waals surface area contributed by atoms with Gasteiger partial charge in [0.1, 0.15) is 0 Å². The molecule has 0 saturated carbocycles. The van der Waals surface area contributed by atoms with Gasteiger partial charge in [-0.1, -0.05) is 18.3 Å². The molecule has 3 nitrogen and oxygen atoms in total. The predicted molar refractivity (Wildman–Crippen MR) is 39.9 cm³/mol. The van der Waals surface area contributed by atoms with Crippen LogP contribution in [0.15, 0.2) is 0 Å². The average Bonchev–Trinajstić information content (AvgIpc) is 2.33. The summed E-state index contributed by atoms with van der Waals surface area (Å²) in [5.74, 6) is 0.362. The molecule has 0 bridgehead atoms. The fourth-order valence-electron chi connectivity index (χ4n) is 0.764. The zero-order valence-electron chi connectivity index (χ0n) is 6.03. The van der Waals surface area contributed by atoms with Crippen LogP contribution in [0.1, 0.15) is 30.3 Å². The Morgan fingerprint density at radius 2 is 2.30 bits per heavy atom.